The second-order valence-corrected chi connectivity index (χ2v) is 6.37. The maximum absolute atomic E-state index is 12.3. The summed E-state index contributed by atoms with van der Waals surface area (Å²) in [7, 11) is 0. The molecule has 138 valence electrons. The summed E-state index contributed by atoms with van der Waals surface area (Å²) in [5.41, 5.74) is 1.53. The Kier molecular flexibility index (Phi) is 6.52. The first kappa shape index (κ1) is 19.9. The van der Waals surface area contributed by atoms with Gasteiger partial charge >= 0.3 is 0 Å². The molecule has 0 spiro atoms. The molecule has 27 heavy (non-hydrogen) atoms. The van der Waals surface area contributed by atoms with Crippen molar-refractivity contribution in [3.8, 4) is 6.07 Å². The summed E-state index contributed by atoms with van der Waals surface area (Å²) in [5, 5.41) is 25.6. The highest BCUT2D eigenvalue weighted by Gasteiger charge is 2.12. The quantitative estimate of drug-likeness (QED) is 0.321. The summed E-state index contributed by atoms with van der Waals surface area (Å²) in [6.45, 7) is 4.13. The van der Waals surface area contributed by atoms with Gasteiger partial charge in [0, 0.05) is 24.0 Å². The molecule has 0 aliphatic carbocycles. The van der Waals surface area contributed by atoms with Gasteiger partial charge < -0.3 is 10.6 Å². The second kappa shape index (κ2) is 8.83. The number of non-ortho nitro benzene ring substituents is 1. The van der Waals surface area contributed by atoms with E-state index in [2.05, 4.69) is 24.5 Å². The molecule has 2 N–H and O–H groups in total. The van der Waals surface area contributed by atoms with Crippen LogP contribution in [-0.4, -0.2) is 10.8 Å². The van der Waals surface area contributed by atoms with Crippen LogP contribution in [0.4, 0.5) is 17.1 Å². The third-order valence-corrected chi connectivity index (χ3v) is 4.06. The lowest BCUT2D eigenvalue weighted by Gasteiger charge is -2.08. The van der Waals surface area contributed by atoms with E-state index in [1.807, 2.05) is 12.1 Å². The van der Waals surface area contributed by atoms with Gasteiger partial charge in [-0.25, -0.2) is 0 Å². The number of hydrogen-bond donors (Lipinski definition) is 2. The van der Waals surface area contributed by atoms with Crippen LogP contribution in [0.25, 0.3) is 0 Å². The van der Waals surface area contributed by atoms with Crippen molar-refractivity contribution in [3.63, 3.8) is 0 Å². The Morgan fingerprint density at radius 3 is 2.48 bits per heavy atom. The summed E-state index contributed by atoms with van der Waals surface area (Å²) in [6.07, 6.45) is 1.16. The lowest BCUT2D eigenvalue weighted by Crippen LogP contribution is -2.14. The van der Waals surface area contributed by atoms with Gasteiger partial charge in [-0.3, -0.25) is 14.9 Å². The van der Waals surface area contributed by atoms with E-state index in [4.69, 9.17) is 11.6 Å². The minimum absolute atomic E-state index is 0.163. The Labute approximate surface area is 161 Å². The van der Waals surface area contributed by atoms with Gasteiger partial charge in [-0.05, 0) is 29.7 Å². The molecule has 0 radical (unpaired) electrons. The van der Waals surface area contributed by atoms with Gasteiger partial charge in [0.05, 0.1) is 15.6 Å². The van der Waals surface area contributed by atoms with Gasteiger partial charge in [-0.2, -0.15) is 5.26 Å². The number of nitro groups is 1. The number of carbonyl (C=O) groups is 1. The molecule has 0 aliphatic rings. The van der Waals surface area contributed by atoms with Crippen molar-refractivity contribution >= 4 is 34.6 Å². The lowest BCUT2D eigenvalue weighted by molar-refractivity contribution is -0.384. The smallest absolute Gasteiger partial charge is 0.271 e. The molecule has 0 saturated heterocycles. The van der Waals surface area contributed by atoms with Crippen molar-refractivity contribution in [3.05, 3.63) is 74.9 Å². The minimum atomic E-state index is -0.608. The number of rotatable bonds is 6. The van der Waals surface area contributed by atoms with E-state index in [9.17, 15) is 20.2 Å². The van der Waals surface area contributed by atoms with Crippen molar-refractivity contribution in [2.24, 2.45) is 0 Å². The van der Waals surface area contributed by atoms with Crippen molar-refractivity contribution in [1.82, 2.24) is 0 Å². The average molecular weight is 385 g/mol. The number of nitrogens with one attached hydrogen (secondary N) is 2. The van der Waals surface area contributed by atoms with Gasteiger partial charge in [-0.1, -0.05) is 37.6 Å². The molecule has 2 aromatic carbocycles. The molecule has 8 heteroatoms. The average Bonchev–Trinajstić information content (AvgIpc) is 2.63. The molecular formula is C19H17ClN4O3. The van der Waals surface area contributed by atoms with Crippen LogP contribution in [0.15, 0.2) is 54.2 Å². The highest BCUT2D eigenvalue weighted by atomic mass is 35.5. The van der Waals surface area contributed by atoms with Crippen LogP contribution in [0.2, 0.25) is 5.02 Å². The Morgan fingerprint density at radius 1 is 1.26 bits per heavy atom. The topological polar surface area (TPSA) is 108 Å². The number of nitro benzene ring substituents is 1. The molecule has 1 amide bonds. The highest BCUT2D eigenvalue weighted by molar-refractivity contribution is 6.33. The zero-order valence-corrected chi connectivity index (χ0v) is 15.4. The van der Waals surface area contributed by atoms with Gasteiger partial charge in [0.1, 0.15) is 11.6 Å². The first-order valence-electron chi connectivity index (χ1n) is 8.04. The third-order valence-electron chi connectivity index (χ3n) is 3.73. The number of nitrogens with zero attached hydrogens (tertiary/aromatic N) is 2. The summed E-state index contributed by atoms with van der Waals surface area (Å²) >= 11 is 5.98. The van der Waals surface area contributed by atoms with Crippen LogP contribution in [0.1, 0.15) is 25.3 Å². The van der Waals surface area contributed by atoms with E-state index in [1.54, 1.807) is 18.2 Å². The normalized spacial score (nSPS) is 11.0. The van der Waals surface area contributed by atoms with Gasteiger partial charge in [0.25, 0.3) is 11.6 Å². The van der Waals surface area contributed by atoms with E-state index in [1.165, 1.54) is 18.2 Å². The lowest BCUT2D eigenvalue weighted by atomic mass is 10.0. The molecule has 7 nitrogen and oxygen atoms in total. The van der Waals surface area contributed by atoms with E-state index in [0.717, 1.165) is 11.8 Å². The maximum atomic E-state index is 12.3. The number of halogens is 1. The van der Waals surface area contributed by atoms with E-state index in [-0.39, 0.29) is 22.0 Å². The maximum Gasteiger partial charge on any atom is 0.271 e. The van der Waals surface area contributed by atoms with Gasteiger partial charge in [-0.15, -0.1) is 0 Å². The van der Waals surface area contributed by atoms with Crippen molar-refractivity contribution in [1.29, 1.82) is 5.26 Å². The molecular weight excluding hydrogens is 368 g/mol. The van der Waals surface area contributed by atoms with Crippen molar-refractivity contribution in [2.45, 2.75) is 19.8 Å². The molecule has 2 aromatic rings. The van der Waals surface area contributed by atoms with Crippen molar-refractivity contribution < 1.29 is 9.72 Å². The fourth-order valence-corrected chi connectivity index (χ4v) is 2.36. The van der Waals surface area contributed by atoms with E-state index >= 15 is 0 Å². The van der Waals surface area contributed by atoms with Crippen LogP contribution in [0.3, 0.4) is 0 Å². The fraction of sp³-hybridized carbons (Fsp3) is 0.158. The largest absolute Gasteiger partial charge is 0.359 e. The summed E-state index contributed by atoms with van der Waals surface area (Å²) in [6, 6.07) is 12.9. The third kappa shape index (κ3) is 5.30. The zero-order valence-electron chi connectivity index (χ0n) is 14.7. The molecule has 0 aromatic heterocycles. The predicted octanol–water partition coefficient (Wildman–Crippen LogP) is 4.83. The summed E-state index contributed by atoms with van der Waals surface area (Å²) in [5.74, 6) is -0.239. The predicted molar refractivity (Wildman–Crippen MR) is 105 cm³/mol. The molecule has 0 fully saturated rings. The van der Waals surface area contributed by atoms with Gasteiger partial charge in [0.15, 0.2) is 0 Å². The Hall–Kier alpha value is -3.37. The highest BCUT2D eigenvalue weighted by Crippen LogP contribution is 2.27. The molecule has 0 unspecified atom stereocenters. The number of anilines is 2. The molecule has 0 atom stereocenters. The first-order valence-corrected chi connectivity index (χ1v) is 8.41. The Morgan fingerprint density at radius 2 is 1.93 bits per heavy atom. The molecule has 0 bridgehead atoms. The number of amides is 1. The number of nitriles is 1. The first-order chi connectivity index (χ1) is 12.8. The summed E-state index contributed by atoms with van der Waals surface area (Å²) < 4.78 is 0. The van der Waals surface area contributed by atoms with Crippen LogP contribution in [0, 0.1) is 21.4 Å². The Balaban J connectivity index is 2.14. The monoisotopic (exact) mass is 384 g/mol. The molecule has 0 aliphatic heterocycles. The number of benzene rings is 2. The van der Waals surface area contributed by atoms with Gasteiger partial charge in [0.2, 0.25) is 0 Å². The second-order valence-electron chi connectivity index (χ2n) is 5.97. The van der Waals surface area contributed by atoms with Crippen LogP contribution >= 0.6 is 11.6 Å². The van der Waals surface area contributed by atoms with Crippen LogP contribution < -0.4 is 10.6 Å². The van der Waals surface area contributed by atoms with Crippen molar-refractivity contribution in [2.75, 3.05) is 10.6 Å². The SMILES string of the molecule is CC(C)c1ccc(NC(=O)/C(C#N)=C\Nc2cc([N+](=O)[O-])ccc2Cl)cc1. The zero-order chi connectivity index (χ0) is 20.0. The standard InChI is InChI=1S/C19H17ClN4O3/c1-12(2)13-3-5-15(6-4-13)23-19(25)14(10-21)11-22-18-9-16(24(26)27)7-8-17(18)20/h3-9,11-12,22H,1-2H3,(H,23,25)/b14-11-. The molecule has 0 heterocycles. The fourth-order valence-electron chi connectivity index (χ4n) is 2.19. The number of hydrogen-bond acceptors (Lipinski definition) is 5. The Bertz CT molecular complexity index is 931. The van der Waals surface area contributed by atoms with Crippen LogP contribution in [0.5, 0.6) is 0 Å². The molecule has 2 rings (SSSR count). The molecule has 0 saturated carbocycles. The van der Waals surface area contributed by atoms with E-state index in [0.29, 0.717) is 11.6 Å². The van der Waals surface area contributed by atoms with Crippen LogP contribution in [-0.2, 0) is 4.79 Å². The van der Waals surface area contributed by atoms with E-state index < -0.39 is 10.8 Å². The minimum Gasteiger partial charge on any atom is -0.359 e. The summed E-state index contributed by atoms with van der Waals surface area (Å²) in [4.78, 5) is 22.5. The number of carbonyl (C=O) groups excluding carboxylic acids is 1.